The number of aryl methyl sites for hydroxylation is 2. The van der Waals surface area contributed by atoms with Crippen LogP contribution in [0.2, 0.25) is 0 Å². The molecule has 1 aliphatic rings. The highest BCUT2D eigenvalue weighted by Crippen LogP contribution is 2.46. The zero-order valence-electron chi connectivity index (χ0n) is 21.8. The van der Waals surface area contributed by atoms with Crippen LogP contribution in [0.4, 0.5) is 5.69 Å². The van der Waals surface area contributed by atoms with Gasteiger partial charge in [0.2, 0.25) is 0 Å². The Bertz CT molecular complexity index is 1250. The molecule has 1 saturated carbocycles. The van der Waals surface area contributed by atoms with Crippen LogP contribution >= 0.6 is 0 Å². The highest BCUT2D eigenvalue weighted by Gasteiger charge is 2.38. The third-order valence-corrected chi connectivity index (χ3v) is 7.09. The van der Waals surface area contributed by atoms with E-state index >= 15 is 0 Å². The number of hydrogen-bond acceptors (Lipinski definition) is 4. The first-order valence-corrected chi connectivity index (χ1v) is 12.9. The van der Waals surface area contributed by atoms with Gasteiger partial charge in [0.1, 0.15) is 5.82 Å². The van der Waals surface area contributed by atoms with Crippen molar-refractivity contribution in [3.05, 3.63) is 93.2 Å². The van der Waals surface area contributed by atoms with E-state index in [4.69, 9.17) is 10.1 Å². The zero-order valence-corrected chi connectivity index (χ0v) is 21.8. The Kier molecular flexibility index (Phi) is 7.54. The van der Waals surface area contributed by atoms with Crippen molar-refractivity contribution in [2.75, 3.05) is 5.32 Å². The van der Waals surface area contributed by atoms with Crippen LogP contribution < -0.4 is 10.9 Å². The summed E-state index contributed by atoms with van der Waals surface area (Å²) in [4.78, 5) is 17.9. The summed E-state index contributed by atoms with van der Waals surface area (Å²) in [6, 6.07) is 18.6. The van der Waals surface area contributed by atoms with E-state index in [1.165, 1.54) is 28.6 Å². The Morgan fingerprint density at radius 2 is 1.86 bits per heavy atom. The number of rotatable bonds is 10. The summed E-state index contributed by atoms with van der Waals surface area (Å²) in [6.45, 7) is 11.4. The summed E-state index contributed by atoms with van der Waals surface area (Å²) in [5.41, 5.74) is 6.37. The average Bonchev–Trinajstić information content (AvgIpc) is 3.70. The first-order chi connectivity index (χ1) is 16.8. The van der Waals surface area contributed by atoms with Crippen LogP contribution in [0.1, 0.15) is 81.6 Å². The van der Waals surface area contributed by atoms with Gasteiger partial charge in [0.25, 0.3) is 5.56 Å². The summed E-state index contributed by atoms with van der Waals surface area (Å²) in [5.74, 6) is 1.46. The molecule has 0 unspecified atom stereocenters. The van der Waals surface area contributed by atoms with Gasteiger partial charge in [-0.2, -0.15) is 9.78 Å². The zero-order chi connectivity index (χ0) is 25.0. The van der Waals surface area contributed by atoms with E-state index in [2.05, 4.69) is 69.4 Å². The first-order valence-electron chi connectivity index (χ1n) is 12.9. The van der Waals surface area contributed by atoms with E-state index in [-0.39, 0.29) is 11.0 Å². The molecule has 5 heteroatoms. The van der Waals surface area contributed by atoms with Crippen molar-refractivity contribution in [2.24, 2.45) is 11.0 Å². The quantitative estimate of drug-likeness (QED) is 0.346. The lowest BCUT2D eigenvalue weighted by molar-refractivity contribution is 0.454. The van der Waals surface area contributed by atoms with Gasteiger partial charge in [-0.05, 0) is 66.3 Å². The minimum absolute atomic E-state index is 0.141. The molecule has 1 N–H and O–H groups in total. The summed E-state index contributed by atoms with van der Waals surface area (Å²) < 4.78 is 1.49. The molecule has 3 aromatic rings. The lowest BCUT2D eigenvalue weighted by Crippen LogP contribution is -2.24. The van der Waals surface area contributed by atoms with E-state index in [1.54, 1.807) is 6.07 Å². The van der Waals surface area contributed by atoms with Crippen molar-refractivity contribution in [1.29, 1.82) is 0 Å². The van der Waals surface area contributed by atoms with Crippen LogP contribution in [0.15, 0.2) is 64.5 Å². The molecular weight excluding hydrogens is 432 g/mol. The van der Waals surface area contributed by atoms with Crippen molar-refractivity contribution in [1.82, 2.24) is 9.66 Å². The predicted molar refractivity (Wildman–Crippen MR) is 145 cm³/mol. The highest BCUT2D eigenvalue weighted by molar-refractivity contribution is 6.00. The molecule has 1 fully saturated rings. The standard InChI is InChI=1S/C30H38N4O/c1-6-9-27(22-12-14-23(15-13-22)30(4,5)24-16-17-24)33-34-28(7-2)32-26(19-29(34)35)20-31-25-11-8-10-21(3)18-25/h8,10-15,18-19,24,31H,6-7,9,16-17,20H2,1-5H3. The fourth-order valence-corrected chi connectivity index (χ4v) is 4.69. The number of anilines is 1. The smallest absolute Gasteiger partial charge is 0.274 e. The van der Waals surface area contributed by atoms with Crippen LogP contribution in [0.3, 0.4) is 0 Å². The molecule has 0 atom stereocenters. The largest absolute Gasteiger partial charge is 0.379 e. The van der Waals surface area contributed by atoms with Crippen molar-refractivity contribution in [3.8, 4) is 0 Å². The molecular formula is C30H38N4O. The van der Waals surface area contributed by atoms with Crippen LogP contribution in [0.5, 0.6) is 0 Å². The van der Waals surface area contributed by atoms with E-state index in [0.29, 0.717) is 18.8 Å². The average molecular weight is 471 g/mol. The third-order valence-electron chi connectivity index (χ3n) is 7.09. The van der Waals surface area contributed by atoms with Gasteiger partial charge in [-0.15, -0.1) is 0 Å². The Hall–Kier alpha value is -3.21. The molecule has 1 aromatic heterocycles. The molecule has 0 radical (unpaired) electrons. The number of nitrogens with one attached hydrogen (secondary N) is 1. The molecule has 1 aliphatic carbocycles. The van der Waals surface area contributed by atoms with Crippen LogP contribution in [-0.2, 0) is 18.4 Å². The number of aromatic nitrogens is 2. The van der Waals surface area contributed by atoms with Crippen LogP contribution in [0.25, 0.3) is 0 Å². The fourth-order valence-electron chi connectivity index (χ4n) is 4.69. The molecule has 0 spiro atoms. The predicted octanol–water partition coefficient (Wildman–Crippen LogP) is 6.47. The van der Waals surface area contributed by atoms with Crippen molar-refractivity contribution < 1.29 is 0 Å². The lowest BCUT2D eigenvalue weighted by Gasteiger charge is -2.25. The van der Waals surface area contributed by atoms with Gasteiger partial charge in [0, 0.05) is 18.2 Å². The molecule has 184 valence electrons. The van der Waals surface area contributed by atoms with Gasteiger partial charge < -0.3 is 5.32 Å². The normalized spacial score (nSPS) is 14.3. The number of hydrogen-bond donors (Lipinski definition) is 1. The second-order valence-corrected chi connectivity index (χ2v) is 10.3. The fraction of sp³-hybridized carbons (Fsp3) is 0.433. The first kappa shape index (κ1) is 24.9. The molecule has 0 aliphatic heterocycles. The van der Waals surface area contributed by atoms with Crippen molar-refractivity contribution >= 4 is 11.4 Å². The maximum Gasteiger partial charge on any atom is 0.274 e. The van der Waals surface area contributed by atoms with Crippen molar-refractivity contribution in [3.63, 3.8) is 0 Å². The summed E-state index contributed by atoms with van der Waals surface area (Å²) in [5, 5.41) is 8.21. The Morgan fingerprint density at radius 3 is 2.49 bits per heavy atom. The molecule has 1 heterocycles. The van der Waals surface area contributed by atoms with Crippen molar-refractivity contribution in [2.45, 2.75) is 78.7 Å². The van der Waals surface area contributed by atoms with E-state index < -0.39 is 0 Å². The second kappa shape index (κ2) is 10.6. The molecule has 0 saturated heterocycles. The third kappa shape index (κ3) is 5.90. The lowest BCUT2D eigenvalue weighted by atomic mass is 9.79. The SMILES string of the molecule is CCCC(=Nn1c(CC)nc(CNc2cccc(C)c2)cc1=O)c1ccc(C(C)(C)C2CC2)cc1. The maximum absolute atomic E-state index is 13.1. The van der Waals surface area contributed by atoms with E-state index in [0.717, 1.165) is 41.4 Å². The Morgan fingerprint density at radius 1 is 1.11 bits per heavy atom. The summed E-state index contributed by atoms with van der Waals surface area (Å²) in [7, 11) is 0. The minimum Gasteiger partial charge on any atom is -0.379 e. The van der Waals surface area contributed by atoms with E-state index in [9.17, 15) is 4.79 Å². The molecule has 0 bridgehead atoms. The molecule has 2 aromatic carbocycles. The topological polar surface area (TPSA) is 59.3 Å². The van der Waals surface area contributed by atoms with E-state index in [1.807, 2.05) is 19.1 Å². The molecule has 5 nitrogen and oxygen atoms in total. The molecule has 35 heavy (non-hydrogen) atoms. The van der Waals surface area contributed by atoms with Crippen LogP contribution in [-0.4, -0.2) is 15.4 Å². The molecule has 0 amide bonds. The van der Waals surface area contributed by atoms with Gasteiger partial charge in [0.15, 0.2) is 0 Å². The van der Waals surface area contributed by atoms with Gasteiger partial charge >= 0.3 is 0 Å². The maximum atomic E-state index is 13.1. The van der Waals surface area contributed by atoms with Gasteiger partial charge in [-0.3, -0.25) is 4.79 Å². The molecule has 4 rings (SSSR count). The monoisotopic (exact) mass is 470 g/mol. The summed E-state index contributed by atoms with van der Waals surface area (Å²) in [6.07, 6.45) is 5.03. The summed E-state index contributed by atoms with van der Waals surface area (Å²) >= 11 is 0. The number of benzene rings is 2. The van der Waals surface area contributed by atoms with Gasteiger partial charge in [0.05, 0.1) is 18.0 Å². The Labute approximate surface area is 209 Å². The minimum atomic E-state index is -0.141. The highest BCUT2D eigenvalue weighted by atomic mass is 16.1. The Balaban J connectivity index is 1.60. The second-order valence-electron chi connectivity index (χ2n) is 10.3. The number of nitrogens with zero attached hydrogens (tertiary/aromatic N) is 3. The van der Waals surface area contributed by atoms with Gasteiger partial charge in [-0.1, -0.05) is 70.5 Å². The van der Waals surface area contributed by atoms with Gasteiger partial charge in [-0.25, -0.2) is 4.98 Å². The van der Waals surface area contributed by atoms with Crippen LogP contribution in [0, 0.1) is 12.8 Å².